The molecule has 2 N–H and O–H groups in total. The molecule has 7 nitrogen and oxygen atoms in total. The van der Waals surface area contributed by atoms with Gasteiger partial charge in [0.25, 0.3) is 0 Å². The van der Waals surface area contributed by atoms with Gasteiger partial charge in [-0.05, 0) is 44.9 Å². The fraction of sp³-hybridized carbons (Fsp3) is 0.400. The van der Waals surface area contributed by atoms with Crippen molar-refractivity contribution in [3.63, 3.8) is 0 Å². The van der Waals surface area contributed by atoms with Crippen molar-refractivity contribution in [2.75, 3.05) is 15.5 Å². The lowest BCUT2D eigenvalue weighted by Crippen LogP contribution is -2.53. The van der Waals surface area contributed by atoms with Gasteiger partial charge in [0.15, 0.2) is 0 Å². The Morgan fingerprint density at radius 3 is 2.67 bits per heavy atom. The van der Waals surface area contributed by atoms with Gasteiger partial charge in [0.1, 0.15) is 11.6 Å². The smallest absolute Gasteiger partial charge is 0.238 e. The monoisotopic (exact) mass is 365 g/mol. The van der Waals surface area contributed by atoms with E-state index >= 15 is 0 Å². The van der Waals surface area contributed by atoms with Crippen molar-refractivity contribution in [3.8, 4) is 0 Å². The lowest BCUT2D eigenvalue weighted by Gasteiger charge is -2.41. The molecule has 2 aromatic heterocycles. The maximum absolute atomic E-state index is 12.9. The first kappa shape index (κ1) is 17.5. The largest absolute Gasteiger partial charge is 0.367 e. The minimum Gasteiger partial charge on any atom is -0.367 e. The Morgan fingerprint density at radius 1 is 1.22 bits per heavy atom. The zero-order chi connectivity index (χ0) is 19.2. The highest BCUT2D eigenvalue weighted by Crippen LogP contribution is 2.44. The van der Waals surface area contributed by atoms with Crippen LogP contribution in [0.5, 0.6) is 0 Å². The number of nitrogens with zero attached hydrogens (tertiary/aromatic N) is 3. The van der Waals surface area contributed by atoms with Crippen LogP contribution in [0, 0.1) is 0 Å². The summed E-state index contributed by atoms with van der Waals surface area (Å²) >= 11 is 0. The third kappa shape index (κ3) is 3.03. The predicted octanol–water partition coefficient (Wildman–Crippen LogP) is 2.70. The molecule has 0 radical (unpaired) electrons. The van der Waals surface area contributed by atoms with E-state index in [1.807, 2.05) is 43.0 Å². The summed E-state index contributed by atoms with van der Waals surface area (Å²) in [6, 6.07) is 7.97. The Morgan fingerprint density at radius 2 is 2.00 bits per heavy atom. The molecule has 7 heteroatoms. The Hall–Kier alpha value is -2.96. The molecule has 1 aliphatic heterocycles. The first-order valence-corrected chi connectivity index (χ1v) is 9.15. The van der Waals surface area contributed by atoms with Crippen molar-refractivity contribution in [2.24, 2.45) is 0 Å². The van der Waals surface area contributed by atoms with Crippen molar-refractivity contribution >= 4 is 29.1 Å². The van der Waals surface area contributed by atoms with Crippen molar-refractivity contribution in [1.29, 1.82) is 0 Å². The number of anilines is 3. The molecule has 3 heterocycles. The van der Waals surface area contributed by atoms with E-state index in [4.69, 9.17) is 0 Å². The summed E-state index contributed by atoms with van der Waals surface area (Å²) < 4.78 is 0. The van der Waals surface area contributed by atoms with Crippen molar-refractivity contribution in [1.82, 2.24) is 9.97 Å². The summed E-state index contributed by atoms with van der Waals surface area (Å²) in [5.41, 5.74) is 1.15. The SMILES string of the molecule is CC(=O)Nc1ccc(N[C@H]2C[C@H](N3C(=O)C(C)(C)c4cccnc43)C2)nc1. The van der Waals surface area contributed by atoms with Crippen LogP contribution in [0.3, 0.4) is 0 Å². The third-order valence-electron chi connectivity index (χ3n) is 5.36. The van der Waals surface area contributed by atoms with E-state index in [9.17, 15) is 9.59 Å². The summed E-state index contributed by atoms with van der Waals surface area (Å²) in [6.07, 6.45) is 5.09. The Balaban J connectivity index is 1.40. The predicted molar refractivity (Wildman–Crippen MR) is 104 cm³/mol. The van der Waals surface area contributed by atoms with E-state index in [-0.39, 0.29) is 23.9 Å². The Labute approximate surface area is 158 Å². The van der Waals surface area contributed by atoms with E-state index in [0.29, 0.717) is 5.69 Å². The summed E-state index contributed by atoms with van der Waals surface area (Å²) in [7, 11) is 0. The van der Waals surface area contributed by atoms with Crippen molar-refractivity contribution < 1.29 is 9.59 Å². The van der Waals surface area contributed by atoms with Crippen LogP contribution in [0.2, 0.25) is 0 Å². The fourth-order valence-electron chi connectivity index (χ4n) is 3.81. The van der Waals surface area contributed by atoms with Crippen LogP contribution in [0.4, 0.5) is 17.3 Å². The number of carbonyl (C=O) groups is 2. The number of carbonyl (C=O) groups excluding carboxylic acids is 2. The first-order valence-electron chi connectivity index (χ1n) is 9.15. The number of nitrogens with one attached hydrogen (secondary N) is 2. The van der Waals surface area contributed by atoms with Crippen LogP contribution in [-0.4, -0.2) is 33.9 Å². The molecule has 140 valence electrons. The normalized spacial score (nSPS) is 22.8. The molecule has 0 bridgehead atoms. The molecule has 2 aromatic rings. The molecule has 0 atom stereocenters. The van der Waals surface area contributed by atoms with Gasteiger partial charge in [-0.15, -0.1) is 0 Å². The number of hydrogen-bond donors (Lipinski definition) is 2. The Bertz CT molecular complexity index is 888. The number of rotatable bonds is 4. The average molecular weight is 365 g/mol. The first-order chi connectivity index (χ1) is 12.9. The summed E-state index contributed by atoms with van der Waals surface area (Å²) in [5.74, 6) is 1.57. The van der Waals surface area contributed by atoms with E-state index in [0.717, 1.165) is 30.0 Å². The number of pyridine rings is 2. The van der Waals surface area contributed by atoms with Crippen LogP contribution >= 0.6 is 0 Å². The third-order valence-corrected chi connectivity index (χ3v) is 5.36. The van der Waals surface area contributed by atoms with Gasteiger partial charge in [-0.3, -0.25) is 14.5 Å². The topological polar surface area (TPSA) is 87.2 Å². The summed E-state index contributed by atoms with van der Waals surface area (Å²) in [6.45, 7) is 5.39. The van der Waals surface area contributed by atoms with Gasteiger partial charge < -0.3 is 10.6 Å². The van der Waals surface area contributed by atoms with Gasteiger partial charge in [-0.1, -0.05) is 6.07 Å². The summed E-state index contributed by atoms with van der Waals surface area (Å²) in [4.78, 5) is 34.7. The van der Waals surface area contributed by atoms with Crippen LogP contribution in [0.25, 0.3) is 0 Å². The Kier molecular flexibility index (Phi) is 4.09. The fourth-order valence-corrected chi connectivity index (χ4v) is 3.81. The van der Waals surface area contributed by atoms with E-state index in [1.54, 1.807) is 12.4 Å². The highest BCUT2D eigenvalue weighted by molar-refractivity contribution is 6.07. The maximum Gasteiger partial charge on any atom is 0.238 e. The number of fused-ring (bicyclic) bond motifs is 1. The van der Waals surface area contributed by atoms with Gasteiger partial charge in [0, 0.05) is 30.8 Å². The van der Waals surface area contributed by atoms with Gasteiger partial charge in [0.2, 0.25) is 11.8 Å². The molecule has 1 aliphatic carbocycles. The van der Waals surface area contributed by atoms with Gasteiger partial charge in [-0.2, -0.15) is 0 Å². The average Bonchev–Trinajstić information content (AvgIpc) is 2.79. The zero-order valence-electron chi connectivity index (χ0n) is 15.7. The second kappa shape index (κ2) is 6.33. The zero-order valence-corrected chi connectivity index (χ0v) is 15.7. The molecule has 1 saturated carbocycles. The molecule has 1 fully saturated rings. The van der Waals surface area contributed by atoms with E-state index < -0.39 is 5.41 Å². The molecule has 2 aliphatic rings. The van der Waals surface area contributed by atoms with Crippen molar-refractivity contribution in [2.45, 2.75) is 51.1 Å². The second-order valence-electron chi connectivity index (χ2n) is 7.75. The van der Waals surface area contributed by atoms with E-state index in [1.165, 1.54) is 6.92 Å². The second-order valence-corrected chi connectivity index (χ2v) is 7.75. The quantitative estimate of drug-likeness (QED) is 0.870. The van der Waals surface area contributed by atoms with Crippen LogP contribution < -0.4 is 15.5 Å². The highest BCUT2D eigenvalue weighted by atomic mass is 16.2. The van der Waals surface area contributed by atoms with Gasteiger partial charge in [-0.25, -0.2) is 9.97 Å². The minimum atomic E-state index is -0.525. The van der Waals surface area contributed by atoms with Gasteiger partial charge >= 0.3 is 0 Å². The highest BCUT2D eigenvalue weighted by Gasteiger charge is 2.50. The molecule has 27 heavy (non-hydrogen) atoms. The molecule has 4 rings (SSSR count). The molecule has 0 spiro atoms. The van der Waals surface area contributed by atoms with E-state index in [2.05, 4.69) is 20.6 Å². The minimum absolute atomic E-state index is 0.119. The van der Waals surface area contributed by atoms with Crippen LogP contribution in [0.1, 0.15) is 39.2 Å². The number of aromatic nitrogens is 2. The van der Waals surface area contributed by atoms with Gasteiger partial charge in [0.05, 0.1) is 17.3 Å². The molecule has 2 amide bonds. The van der Waals surface area contributed by atoms with Crippen LogP contribution in [0.15, 0.2) is 36.7 Å². The molecular weight excluding hydrogens is 342 g/mol. The van der Waals surface area contributed by atoms with Crippen molar-refractivity contribution in [3.05, 3.63) is 42.2 Å². The lowest BCUT2D eigenvalue weighted by atomic mass is 9.84. The molecular formula is C20H23N5O2. The number of amides is 2. The molecule has 0 unspecified atom stereocenters. The maximum atomic E-state index is 12.9. The standard InChI is InChI=1S/C20H23N5O2/c1-12(26)23-13-6-7-17(22-11-13)24-14-9-15(10-14)25-18-16(5-4-8-21-18)20(2,3)19(25)27/h4-8,11,14-15H,9-10H2,1-3H3,(H,22,24)(H,23,26)/t14-,15-. The number of hydrogen-bond acceptors (Lipinski definition) is 5. The molecule has 0 saturated heterocycles. The van der Waals surface area contributed by atoms with Crippen LogP contribution in [-0.2, 0) is 15.0 Å². The molecule has 0 aromatic carbocycles. The summed E-state index contributed by atoms with van der Waals surface area (Å²) in [5, 5.41) is 6.09. The lowest BCUT2D eigenvalue weighted by molar-refractivity contribution is -0.123.